The fourth-order valence-electron chi connectivity index (χ4n) is 0.887. The summed E-state index contributed by atoms with van der Waals surface area (Å²) in [5.41, 5.74) is 5.80. The van der Waals surface area contributed by atoms with E-state index in [4.69, 9.17) is 16.0 Å². The van der Waals surface area contributed by atoms with Crippen LogP contribution in [0.4, 0.5) is 0 Å². The van der Waals surface area contributed by atoms with Gasteiger partial charge in [-0.1, -0.05) is 5.16 Å². The Morgan fingerprint density at radius 3 is 2.87 bits per heavy atom. The first-order valence-electron chi connectivity index (χ1n) is 4.32. The average Bonchev–Trinajstić information content (AvgIpc) is 2.29. The van der Waals surface area contributed by atoms with Crippen LogP contribution >= 0.6 is 11.8 Å². The highest BCUT2D eigenvalue weighted by Crippen LogP contribution is 2.18. The highest BCUT2D eigenvalue weighted by Gasteiger charge is 2.09. The van der Waals surface area contributed by atoms with E-state index in [1.54, 1.807) is 0 Å². The van der Waals surface area contributed by atoms with Crippen LogP contribution in [0, 0.1) is 0 Å². The zero-order chi connectivity index (χ0) is 11.1. The van der Waals surface area contributed by atoms with Crippen LogP contribution in [0.1, 0.15) is 12.1 Å². The van der Waals surface area contributed by atoms with Gasteiger partial charge in [-0.2, -0.15) is 0 Å². The number of hydrogen-bond acceptors (Lipinski definition) is 6. The molecule has 1 rings (SSSR count). The number of thioether (sulfide) groups is 1. The molecule has 0 fully saturated rings. The molecule has 0 aliphatic heterocycles. The molecule has 0 radical (unpaired) electrons. The van der Waals surface area contributed by atoms with Crippen molar-refractivity contribution in [1.29, 1.82) is 0 Å². The molecular formula is C8H12N4O2S. The molecule has 1 heterocycles. The summed E-state index contributed by atoms with van der Waals surface area (Å²) in [7, 11) is 0. The van der Waals surface area contributed by atoms with Crippen LogP contribution in [0.5, 0.6) is 0 Å². The van der Waals surface area contributed by atoms with E-state index in [0.717, 1.165) is 0 Å². The summed E-state index contributed by atoms with van der Waals surface area (Å²) in [5.74, 6) is 0.649. The minimum Gasteiger partial charge on any atom is -0.409 e. The van der Waals surface area contributed by atoms with Crippen LogP contribution < -0.4 is 5.73 Å². The molecule has 82 valence electrons. The third-order valence-corrected chi connectivity index (χ3v) is 2.62. The molecule has 0 aliphatic rings. The second kappa shape index (κ2) is 6.20. The van der Waals surface area contributed by atoms with E-state index in [2.05, 4.69) is 15.1 Å². The topological polar surface area (TPSA) is 105 Å². The smallest absolute Gasteiger partial charge is 0.191 e. The van der Waals surface area contributed by atoms with E-state index in [1.807, 2.05) is 0 Å². The Balaban J connectivity index is 2.77. The van der Waals surface area contributed by atoms with E-state index in [9.17, 15) is 0 Å². The lowest BCUT2D eigenvalue weighted by Gasteiger charge is -2.04. The van der Waals surface area contributed by atoms with E-state index in [1.165, 1.54) is 24.2 Å². The van der Waals surface area contributed by atoms with Gasteiger partial charge in [-0.25, -0.2) is 9.97 Å². The third-order valence-electron chi connectivity index (χ3n) is 1.56. The zero-order valence-electron chi connectivity index (χ0n) is 8.00. The fraction of sp³-hybridized carbons (Fsp3) is 0.375. The number of oxime groups is 1. The lowest BCUT2D eigenvalue weighted by molar-refractivity contribution is 0.296. The van der Waals surface area contributed by atoms with Crippen LogP contribution in [-0.4, -0.2) is 38.5 Å². The molecule has 6 nitrogen and oxygen atoms in total. The van der Waals surface area contributed by atoms with Gasteiger partial charge in [-0.3, -0.25) is 0 Å². The van der Waals surface area contributed by atoms with E-state index in [0.29, 0.717) is 22.9 Å². The van der Waals surface area contributed by atoms with Gasteiger partial charge in [0.1, 0.15) is 10.7 Å². The summed E-state index contributed by atoms with van der Waals surface area (Å²) in [6.07, 6.45) is 3.68. The Morgan fingerprint density at radius 1 is 1.47 bits per heavy atom. The second-order valence-electron chi connectivity index (χ2n) is 2.62. The molecule has 0 aliphatic carbocycles. The standard InChI is InChI=1S/C8H12N4O2S/c9-7(12-14)6-8(11-3-2-10-6)15-5-1-4-13/h2-3,13-14H,1,4-5H2,(H2,9,12). The molecule has 0 saturated heterocycles. The second-order valence-corrected chi connectivity index (χ2v) is 3.70. The summed E-state index contributed by atoms with van der Waals surface area (Å²) < 4.78 is 0. The summed E-state index contributed by atoms with van der Waals surface area (Å²) in [5, 5.41) is 20.6. The normalized spacial score (nSPS) is 11.7. The maximum Gasteiger partial charge on any atom is 0.191 e. The molecule has 7 heteroatoms. The number of rotatable bonds is 5. The van der Waals surface area contributed by atoms with Crippen LogP contribution in [0.15, 0.2) is 22.6 Å². The van der Waals surface area contributed by atoms with Gasteiger partial charge in [0.05, 0.1) is 0 Å². The van der Waals surface area contributed by atoms with Crippen molar-refractivity contribution in [3.05, 3.63) is 18.1 Å². The van der Waals surface area contributed by atoms with Crippen molar-refractivity contribution >= 4 is 17.6 Å². The van der Waals surface area contributed by atoms with Crippen molar-refractivity contribution < 1.29 is 10.3 Å². The minimum atomic E-state index is -0.0606. The summed E-state index contributed by atoms with van der Waals surface area (Å²) in [4.78, 5) is 8.03. The number of aliphatic hydroxyl groups is 1. The van der Waals surface area contributed by atoms with Gasteiger partial charge in [0, 0.05) is 24.8 Å². The molecule has 0 spiro atoms. The number of aromatic nitrogens is 2. The maximum absolute atomic E-state index is 8.63. The number of hydrogen-bond donors (Lipinski definition) is 3. The Kier molecular flexibility index (Phi) is 4.85. The molecule has 15 heavy (non-hydrogen) atoms. The van der Waals surface area contributed by atoms with Crippen molar-refractivity contribution in [2.24, 2.45) is 10.9 Å². The van der Waals surface area contributed by atoms with Crippen molar-refractivity contribution in [3.63, 3.8) is 0 Å². The summed E-state index contributed by atoms with van der Waals surface area (Å²) in [6.45, 7) is 0.131. The van der Waals surface area contributed by atoms with Crippen LogP contribution in [0.2, 0.25) is 0 Å². The third kappa shape index (κ3) is 3.37. The molecule has 0 aromatic carbocycles. The van der Waals surface area contributed by atoms with E-state index >= 15 is 0 Å². The van der Waals surface area contributed by atoms with Gasteiger partial charge in [0.15, 0.2) is 5.84 Å². The number of nitrogens with two attached hydrogens (primary N) is 1. The van der Waals surface area contributed by atoms with Crippen LogP contribution in [-0.2, 0) is 0 Å². The monoisotopic (exact) mass is 228 g/mol. The first-order valence-corrected chi connectivity index (χ1v) is 5.30. The molecule has 0 bridgehead atoms. The minimum absolute atomic E-state index is 0.0606. The van der Waals surface area contributed by atoms with E-state index < -0.39 is 0 Å². The van der Waals surface area contributed by atoms with Gasteiger partial charge in [0.2, 0.25) is 0 Å². The number of amidine groups is 1. The van der Waals surface area contributed by atoms with Crippen molar-refractivity contribution in [3.8, 4) is 0 Å². The number of nitrogens with zero attached hydrogens (tertiary/aromatic N) is 3. The van der Waals surface area contributed by atoms with Crippen LogP contribution in [0.25, 0.3) is 0 Å². The molecule has 0 amide bonds. The lowest BCUT2D eigenvalue weighted by Crippen LogP contribution is -2.16. The fourth-order valence-corrected chi connectivity index (χ4v) is 1.78. The van der Waals surface area contributed by atoms with Gasteiger partial charge in [-0.05, 0) is 6.42 Å². The van der Waals surface area contributed by atoms with Crippen molar-refractivity contribution in [2.45, 2.75) is 11.4 Å². The summed E-state index contributed by atoms with van der Waals surface area (Å²) in [6, 6.07) is 0. The first kappa shape index (κ1) is 11.7. The van der Waals surface area contributed by atoms with Gasteiger partial charge < -0.3 is 16.0 Å². The molecular weight excluding hydrogens is 216 g/mol. The lowest BCUT2D eigenvalue weighted by atomic mass is 10.4. The quantitative estimate of drug-likeness (QED) is 0.164. The van der Waals surface area contributed by atoms with Gasteiger partial charge in [-0.15, -0.1) is 11.8 Å². The average molecular weight is 228 g/mol. The predicted octanol–water partition coefficient (Wildman–Crippen LogP) is 0.0456. The van der Waals surface area contributed by atoms with Crippen molar-refractivity contribution in [1.82, 2.24) is 9.97 Å². The Bertz CT molecular complexity index is 345. The molecule has 1 aromatic rings. The highest BCUT2D eigenvalue weighted by molar-refractivity contribution is 7.99. The molecule has 0 saturated carbocycles. The highest BCUT2D eigenvalue weighted by atomic mass is 32.2. The molecule has 4 N–H and O–H groups in total. The number of aliphatic hydroxyl groups excluding tert-OH is 1. The van der Waals surface area contributed by atoms with Crippen LogP contribution in [0.3, 0.4) is 0 Å². The van der Waals surface area contributed by atoms with Gasteiger partial charge >= 0.3 is 0 Å². The summed E-state index contributed by atoms with van der Waals surface area (Å²) >= 11 is 1.41. The Hall–Kier alpha value is -1.34. The molecule has 0 unspecified atom stereocenters. The largest absolute Gasteiger partial charge is 0.409 e. The van der Waals surface area contributed by atoms with Gasteiger partial charge in [0.25, 0.3) is 0 Å². The first-order chi connectivity index (χ1) is 7.29. The SMILES string of the molecule is NC(=NO)c1nccnc1SCCCO. The Morgan fingerprint density at radius 2 is 2.20 bits per heavy atom. The predicted molar refractivity (Wildman–Crippen MR) is 57.0 cm³/mol. The maximum atomic E-state index is 8.63. The van der Waals surface area contributed by atoms with Crippen molar-refractivity contribution in [2.75, 3.05) is 12.4 Å². The molecule has 0 atom stereocenters. The molecule has 1 aromatic heterocycles. The Labute approximate surface area is 91.2 Å². The zero-order valence-corrected chi connectivity index (χ0v) is 8.81. The van der Waals surface area contributed by atoms with E-state index in [-0.39, 0.29) is 12.4 Å².